The van der Waals surface area contributed by atoms with Crippen molar-refractivity contribution in [3.63, 3.8) is 0 Å². The van der Waals surface area contributed by atoms with Gasteiger partial charge in [-0.25, -0.2) is 0 Å². The zero-order valence-electron chi connectivity index (χ0n) is 16.3. The molecule has 150 valence electrons. The summed E-state index contributed by atoms with van der Waals surface area (Å²) in [5.74, 6) is -0.247. The molecule has 1 amide bonds. The van der Waals surface area contributed by atoms with Crippen molar-refractivity contribution < 1.29 is 9.53 Å². The van der Waals surface area contributed by atoms with Gasteiger partial charge in [-0.2, -0.15) is 0 Å². The lowest BCUT2D eigenvalue weighted by molar-refractivity contribution is 0.0378. The van der Waals surface area contributed by atoms with E-state index in [1.54, 1.807) is 30.6 Å². The molecule has 2 aromatic heterocycles. The van der Waals surface area contributed by atoms with Crippen LogP contribution in [0.5, 0.6) is 0 Å². The minimum atomic E-state index is -0.247. The van der Waals surface area contributed by atoms with Crippen LogP contribution < -0.4 is 10.6 Å². The highest BCUT2D eigenvalue weighted by atomic mass is 16.5. The molecule has 0 saturated carbocycles. The third-order valence-corrected chi connectivity index (χ3v) is 4.99. The lowest BCUT2D eigenvalue weighted by Gasteiger charge is -2.26. The number of hydrogen-bond acceptors (Lipinski definition) is 6. The number of hydrogen-bond donors (Lipinski definition) is 2. The summed E-state index contributed by atoms with van der Waals surface area (Å²) in [7, 11) is 0. The Morgan fingerprint density at radius 1 is 1.00 bits per heavy atom. The fourth-order valence-corrected chi connectivity index (χ4v) is 3.46. The van der Waals surface area contributed by atoms with E-state index in [2.05, 4.69) is 25.5 Å². The van der Waals surface area contributed by atoms with E-state index in [9.17, 15) is 4.79 Å². The Kier molecular flexibility index (Phi) is 6.29. The second-order valence-corrected chi connectivity index (χ2v) is 6.96. The quantitative estimate of drug-likeness (QED) is 0.603. The zero-order chi connectivity index (χ0) is 19.9. The molecular formula is C22H25N5O2. The van der Waals surface area contributed by atoms with Gasteiger partial charge in [-0.1, -0.05) is 18.2 Å². The van der Waals surface area contributed by atoms with Crippen LogP contribution in [-0.2, 0) is 4.74 Å². The van der Waals surface area contributed by atoms with Gasteiger partial charge in [0.2, 0.25) is 0 Å². The minimum absolute atomic E-state index is 0.247. The van der Waals surface area contributed by atoms with E-state index in [1.165, 1.54) is 0 Å². The number of carbonyl (C=O) groups excluding carboxylic acids is 1. The van der Waals surface area contributed by atoms with Gasteiger partial charge in [0.05, 0.1) is 24.4 Å². The molecule has 7 heteroatoms. The number of aromatic nitrogens is 2. The van der Waals surface area contributed by atoms with Crippen LogP contribution in [0.1, 0.15) is 16.9 Å². The number of benzene rings is 1. The molecule has 3 aromatic rings. The number of morpholine rings is 1. The Morgan fingerprint density at radius 3 is 2.72 bits per heavy atom. The lowest BCUT2D eigenvalue weighted by Crippen LogP contribution is -2.37. The molecule has 0 bridgehead atoms. The fourth-order valence-electron chi connectivity index (χ4n) is 3.46. The lowest BCUT2D eigenvalue weighted by atomic mass is 10.1. The smallest absolute Gasteiger partial charge is 0.274 e. The van der Waals surface area contributed by atoms with Crippen LogP contribution in [-0.4, -0.2) is 60.2 Å². The Balaban J connectivity index is 1.43. The van der Waals surface area contributed by atoms with Crippen LogP contribution >= 0.6 is 0 Å². The first kappa shape index (κ1) is 19.3. The Bertz CT molecular complexity index is 958. The normalized spacial score (nSPS) is 14.6. The van der Waals surface area contributed by atoms with Crippen molar-refractivity contribution in [2.75, 3.05) is 50.0 Å². The molecule has 29 heavy (non-hydrogen) atoms. The maximum Gasteiger partial charge on any atom is 0.274 e. The SMILES string of the molecule is O=C(Nc1cccc2c(NCCCN3CCOCC3)ccnc12)c1ccccn1. The number of para-hydroxylation sites is 1. The van der Waals surface area contributed by atoms with Gasteiger partial charge >= 0.3 is 0 Å². The third kappa shape index (κ3) is 4.88. The first-order valence-corrected chi connectivity index (χ1v) is 9.95. The van der Waals surface area contributed by atoms with Crippen LogP contribution in [0, 0.1) is 0 Å². The van der Waals surface area contributed by atoms with Gasteiger partial charge in [-0.15, -0.1) is 0 Å². The van der Waals surface area contributed by atoms with E-state index < -0.39 is 0 Å². The molecule has 2 N–H and O–H groups in total. The molecular weight excluding hydrogens is 366 g/mol. The predicted octanol–water partition coefficient (Wildman–Crippen LogP) is 3.02. The Morgan fingerprint density at radius 2 is 1.90 bits per heavy atom. The van der Waals surface area contributed by atoms with Crippen molar-refractivity contribution in [2.24, 2.45) is 0 Å². The molecule has 1 aliphatic rings. The van der Waals surface area contributed by atoms with Crippen molar-refractivity contribution in [2.45, 2.75) is 6.42 Å². The van der Waals surface area contributed by atoms with Crippen molar-refractivity contribution in [3.05, 3.63) is 60.6 Å². The van der Waals surface area contributed by atoms with Gasteiger partial charge in [0, 0.05) is 43.1 Å². The average Bonchev–Trinajstić information content (AvgIpc) is 2.78. The number of fused-ring (bicyclic) bond motifs is 1. The predicted molar refractivity (Wildman–Crippen MR) is 114 cm³/mol. The summed E-state index contributed by atoms with van der Waals surface area (Å²) < 4.78 is 5.39. The molecule has 4 rings (SSSR count). The summed E-state index contributed by atoms with van der Waals surface area (Å²) in [6.07, 6.45) is 4.43. The number of carbonyl (C=O) groups is 1. The number of nitrogens with one attached hydrogen (secondary N) is 2. The average molecular weight is 391 g/mol. The highest BCUT2D eigenvalue weighted by Crippen LogP contribution is 2.27. The van der Waals surface area contributed by atoms with Crippen LogP contribution in [0.3, 0.4) is 0 Å². The van der Waals surface area contributed by atoms with E-state index in [1.807, 2.05) is 24.3 Å². The van der Waals surface area contributed by atoms with Gasteiger partial charge in [0.25, 0.3) is 5.91 Å². The Labute approximate surface area is 170 Å². The van der Waals surface area contributed by atoms with E-state index in [0.717, 1.165) is 62.4 Å². The molecule has 0 atom stereocenters. The van der Waals surface area contributed by atoms with Crippen LogP contribution in [0.2, 0.25) is 0 Å². The summed E-state index contributed by atoms with van der Waals surface area (Å²) >= 11 is 0. The van der Waals surface area contributed by atoms with Crippen LogP contribution in [0.15, 0.2) is 54.9 Å². The van der Waals surface area contributed by atoms with E-state index in [-0.39, 0.29) is 5.91 Å². The molecule has 1 saturated heterocycles. The summed E-state index contributed by atoms with van der Waals surface area (Å²) in [5.41, 5.74) is 2.83. The highest BCUT2D eigenvalue weighted by Gasteiger charge is 2.12. The zero-order valence-corrected chi connectivity index (χ0v) is 16.3. The number of rotatable bonds is 7. The molecule has 0 unspecified atom stereocenters. The molecule has 1 aliphatic heterocycles. The van der Waals surface area contributed by atoms with Crippen LogP contribution in [0.25, 0.3) is 10.9 Å². The van der Waals surface area contributed by atoms with E-state index in [0.29, 0.717) is 11.4 Å². The van der Waals surface area contributed by atoms with Gasteiger partial charge in [-0.3, -0.25) is 19.7 Å². The molecule has 7 nitrogen and oxygen atoms in total. The summed E-state index contributed by atoms with van der Waals surface area (Å²) in [6.45, 7) is 5.62. The molecule has 1 aromatic carbocycles. The monoisotopic (exact) mass is 391 g/mol. The second kappa shape index (κ2) is 9.45. The van der Waals surface area contributed by atoms with E-state index in [4.69, 9.17) is 4.74 Å². The number of ether oxygens (including phenoxy) is 1. The fraction of sp³-hybridized carbons (Fsp3) is 0.318. The van der Waals surface area contributed by atoms with Crippen molar-refractivity contribution in [1.82, 2.24) is 14.9 Å². The molecule has 1 fully saturated rings. The van der Waals surface area contributed by atoms with Crippen molar-refractivity contribution >= 4 is 28.2 Å². The summed E-state index contributed by atoms with van der Waals surface area (Å²) in [6, 6.07) is 13.0. The molecule has 0 aliphatic carbocycles. The number of nitrogens with zero attached hydrogens (tertiary/aromatic N) is 3. The summed E-state index contributed by atoms with van der Waals surface area (Å²) in [5, 5.41) is 7.43. The van der Waals surface area contributed by atoms with Crippen molar-refractivity contribution in [3.8, 4) is 0 Å². The van der Waals surface area contributed by atoms with Crippen molar-refractivity contribution in [1.29, 1.82) is 0 Å². The van der Waals surface area contributed by atoms with E-state index >= 15 is 0 Å². The topological polar surface area (TPSA) is 79.4 Å². The van der Waals surface area contributed by atoms with Gasteiger partial charge in [0.15, 0.2) is 0 Å². The number of amides is 1. The minimum Gasteiger partial charge on any atom is -0.384 e. The Hall–Kier alpha value is -3.03. The molecule has 3 heterocycles. The second-order valence-electron chi connectivity index (χ2n) is 6.96. The van der Waals surface area contributed by atoms with Gasteiger partial charge in [0.1, 0.15) is 5.69 Å². The van der Waals surface area contributed by atoms with Crippen LogP contribution in [0.4, 0.5) is 11.4 Å². The first-order valence-electron chi connectivity index (χ1n) is 9.95. The van der Waals surface area contributed by atoms with Gasteiger partial charge in [-0.05, 0) is 37.2 Å². The first-order chi connectivity index (χ1) is 14.3. The standard InChI is InChI=1S/C22H25N5O2/c28-22(20-6-1-2-9-24-20)26-19-7-3-5-17-18(8-11-25-21(17)19)23-10-4-12-27-13-15-29-16-14-27/h1-3,5-9,11H,4,10,12-16H2,(H,23,25)(H,26,28). The maximum absolute atomic E-state index is 12.5. The molecule has 0 spiro atoms. The number of anilines is 2. The third-order valence-electron chi connectivity index (χ3n) is 4.99. The summed E-state index contributed by atoms with van der Waals surface area (Å²) in [4.78, 5) is 23.5. The highest BCUT2D eigenvalue weighted by molar-refractivity contribution is 6.08. The maximum atomic E-state index is 12.5. The van der Waals surface area contributed by atoms with Gasteiger partial charge < -0.3 is 15.4 Å². The largest absolute Gasteiger partial charge is 0.384 e. The molecule has 0 radical (unpaired) electrons. The number of pyridine rings is 2.